The third kappa shape index (κ3) is 3.98. The van der Waals surface area contributed by atoms with Crippen molar-refractivity contribution >= 4 is 21.8 Å². The molecule has 1 fully saturated rings. The SMILES string of the molecule is CCCOc1cccc(C(=O)N2CCC(CBr)CC2)c1. The number of piperidine rings is 1. The van der Waals surface area contributed by atoms with Crippen LogP contribution in [0.25, 0.3) is 0 Å². The molecule has 0 saturated carbocycles. The van der Waals surface area contributed by atoms with Crippen LogP contribution >= 0.6 is 15.9 Å². The highest BCUT2D eigenvalue weighted by atomic mass is 79.9. The summed E-state index contributed by atoms with van der Waals surface area (Å²) in [6.07, 6.45) is 3.14. The summed E-state index contributed by atoms with van der Waals surface area (Å²) in [5.41, 5.74) is 0.732. The Labute approximate surface area is 129 Å². The number of alkyl halides is 1. The molecule has 2 rings (SSSR count). The number of amides is 1. The van der Waals surface area contributed by atoms with Crippen molar-refractivity contribution in [1.29, 1.82) is 0 Å². The van der Waals surface area contributed by atoms with Gasteiger partial charge >= 0.3 is 0 Å². The van der Waals surface area contributed by atoms with Crippen molar-refractivity contribution in [3.63, 3.8) is 0 Å². The second kappa shape index (κ2) is 7.67. The normalized spacial score (nSPS) is 16.2. The quantitative estimate of drug-likeness (QED) is 0.765. The Morgan fingerprint density at radius 3 is 2.80 bits per heavy atom. The van der Waals surface area contributed by atoms with Crippen molar-refractivity contribution in [2.24, 2.45) is 5.92 Å². The van der Waals surface area contributed by atoms with E-state index in [1.165, 1.54) is 0 Å². The molecule has 0 bridgehead atoms. The second-order valence-electron chi connectivity index (χ2n) is 5.27. The first-order valence-electron chi connectivity index (χ1n) is 7.32. The largest absolute Gasteiger partial charge is 0.494 e. The van der Waals surface area contributed by atoms with E-state index < -0.39 is 0 Å². The van der Waals surface area contributed by atoms with E-state index in [0.29, 0.717) is 12.5 Å². The van der Waals surface area contributed by atoms with E-state index in [4.69, 9.17) is 4.74 Å². The summed E-state index contributed by atoms with van der Waals surface area (Å²) in [6, 6.07) is 7.53. The van der Waals surface area contributed by atoms with Crippen molar-refractivity contribution in [2.45, 2.75) is 26.2 Å². The van der Waals surface area contributed by atoms with Crippen molar-refractivity contribution in [2.75, 3.05) is 25.0 Å². The molecule has 0 atom stereocenters. The van der Waals surface area contributed by atoms with Gasteiger partial charge in [0, 0.05) is 24.0 Å². The molecule has 1 aromatic rings. The van der Waals surface area contributed by atoms with Crippen molar-refractivity contribution in [3.8, 4) is 5.75 Å². The molecular formula is C16H22BrNO2. The van der Waals surface area contributed by atoms with Gasteiger partial charge in [-0.1, -0.05) is 28.9 Å². The lowest BCUT2D eigenvalue weighted by Gasteiger charge is -2.31. The molecule has 0 aromatic heterocycles. The molecule has 1 amide bonds. The monoisotopic (exact) mass is 339 g/mol. The zero-order chi connectivity index (χ0) is 14.4. The second-order valence-corrected chi connectivity index (χ2v) is 5.91. The van der Waals surface area contributed by atoms with Gasteiger partial charge in [0.2, 0.25) is 0 Å². The number of rotatable bonds is 5. The first kappa shape index (κ1) is 15.4. The number of nitrogens with zero attached hydrogens (tertiary/aromatic N) is 1. The molecule has 1 heterocycles. The molecule has 3 nitrogen and oxygen atoms in total. The summed E-state index contributed by atoms with van der Waals surface area (Å²) in [7, 11) is 0. The van der Waals surface area contributed by atoms with Crippen LogP contribution < -0.4 is 4.74 Å². The zero-order valence-electron chi connectivity index (χ0n) is 12.0. The van der Waals surface area contributed by atoms with E-state index in [1.54, 1.807) is 0 Å². The van der Waals surface area contributed by atoms with Gasteiger partial charge in [-0.3, -0.25) is 4.79 Å². The molecule has 0 aliphatic carbocycles. The van der Waals surface area contributed by atoms with Gasteiger partial charge in [-0.05, 0) is 43.4 Å². The predicted molar refractivity (Wildman–Crippen MR) is 84.6 cm³/mol. The van der Waals surface area contributed by atoms with Crippen LogP contribution in [0, 0.1) is 5.92 Å². The van der Waals surface area contributed by atoms with Crippen molar-refractivity contribution in [3.05, 3.63) is 29.8 Å². The van der Waals surface area contributed by atoms with Crippen LogP contribution in [0.2, 0.25) is 0 Å². The Morgan fingerprint density at radius 2 is 2.15 bits per heavy atom. The number of carbonyl (C=O) groups is 1. The van der Waals surface area contributed by atoms with Crippen LogP contribution in [0.5, 0.6) is 5.75 Å². The molecule has 1 saturated heterocycles. The number of hydrogen-bond donors (Lipinski definition) is 0. The van der Waals surface area contributed by atoms with Gasteiger partial charge in [0.1, 0.15) is 5.75 Å². The molecule has 0 unspecified atom stereocenters. The number of carbonyl (C=O) groups excluding carboxylic acids is 1. The average molecular weight is 340 g/mol. The highest BCUT2D eigenvalue weighted by molar-refractivity contribution is 9.09. The van der Waals surface area contributed by atoms with E-state index in [0.717, 1.165) is 49.0 Å². The maximum absolute atomic E-state index is 12.5. The Hall–Kier alpha value is -1.03. The van der Waals surface area contributed by atoms with Gasteiger partial charge in [0.25, 0.3) is 5.91 Å². The minimum atomic E-state index is 0.125. The molecule has 20 heavy (non-hydrogen) atoms. The molecule has 4 heteroatoms. The summed E-state index contributed by atoms with van der Waals surface area (Å²) in [4.78, 5) is 14.4. The zero-order valence-corrected chi connectivity index (χ0v) is 13.6. The molecular weight excluding hydrogens is 318 g/mol. The minimum absolute atomic E-state index is 0.125. The maximum Gasteiger partial charge on any atom is 0.253 e. The molecule has 110 valence electrons. The van der Waals surface area contributed by atoms with Gasteiger partial charge in [0.05, 0.1) is 6.61 Å². The van der Waals surface area contributed by atoms with E-state index in [-0.39, 0.29) is 5.91 Å². The highest BCUT2D eigenvalue weighted by Crippen LogP contribution is 2.22. The number of benzene rings is 1. The Kier molecular flexibility index (Phi) is 5.89. The fourth-order valence-corrected chi connectivity index (χ4v) is 3.06. The highest BCUT2D eigenvalue weighted by Gasteiger charge is 2.23. The molecule has 1 aromatic carbocycles. The standard InChI is InChI=1S/C16H22BrNO2/c1-2-10-20-15-5-3-4-14(11-15)16(19)18-8-6-13(12-17)7-9-18/h3-5,11,13H,2,6-10,12H2,1H3. The molecule has 0 N–H and O–H groups in total. The lowest BCUT2D eigenvalue weighted by atomic mass is 9.98. The molecule has 0 radical (unpaired) electrons. The van der Waals surface area contributed by atoms with Crippen molar-refractivity contribution in [1.82, 2.24) is 4.90 Å². The smallest absolute Gasteiger partial charge is 0.253 e. The van der Waals surface area contributed by atoms with Gasteiger partial charge in [-0.25, -0.2) is 0 Å². The topological polar surface area (TPSA) is 29.5 Å². The van der Waals surface area contributed by atoms with Crippen LogP contribution in [0.1, 0.15) is 36.5 Å². The van der Waals surface area contributed by atoms with Crippen LogP contribution in [0.4, 0.5) is 0 Å². The number of ether oxygens (including phenoxy) is 1. The van der Waals surface area contributed by atoms with E-state index in [1.807, 2.05) is 29.2 Å². The van der Waals surface area contributed by atoms with Crippen LogP contribution in [-0.4, -0.2) is 35.8 Å². The lowest BCUT2D eigenvalue weighted by molar-refractivity contribution is 0.0698. The summed E-state index contributed by atoms with van der Waals surface area (Å²) in [5.74, 6) is 1.62. The molecule has 1 aliphatic rings. The first-order valence-corrected chi connectivity index (χ1v) is 8.44. The number of hydrogen-bond acceptors (Lipinski definition) is 2. The number of likely N-dealkylation sites (tertiary alicyclic amines) is 1. The Balaban J connectivity index is 1.98. The molecule has 1 aliphatic heterocycles. The summed E-state index contributed by atoms with van der Waals surface area (Å²) < 4.78 is 5.59. The van der Waals surface area contributed by atoms with Gasteiger partial charge in [0.15, 0.2) is 0 Å². The fraction of sp³-hybridized carbons (Fsp3) is 0.562. The lowest BCUT2D eigenvalue weighted by Crippen LogP contribution is -2.38. The third-order valence-corrected chi connectivity index (χ3v) is 4.59. The summed E-state index contributed by atoms with van der Waals surface area (Å²) >= 11 is 3.53. The van der Waals surface area contributed by atoms with E-state index in [9.17, 15) is 4.79 Å². The summed E-state index contributed by atoms with van der Waals surface area (Å²) in [5, 5.41) is 1.04. The minimum Gasteiger partial charge on any atom is -0.494 e. The summed E-state index contributed by atoms with van der Waals surface area (Å²) in [6.45, 7) is 4.47. The Morgan fingerprint density at radius 1 is 1.40 bits per heavy atom. The average Bonchev–Trinajstić information content (AvgIpc) is 2.52. The van der Waals surface area contributed by atoms with Gasteiger partial charge < -0.3 is 9.64 Å². The van der Waals surface area contributed by atoms with Crippen LogP contribution in [0.15, 0.2) is 24.3 Å². The van der Waals surface area contributed by atoms with Gasteiger partial charge in [-0.2, -0.15) is 0 Å². The maximum atomic E-state index is 12.5. The molecule has 0 spiro atoms. The van der Waals surface area contributed by atoms with Crippen LogP contribution in [-0.2, 0) is 0 Å². The third-order valence-electron chi connectivity index (χ3n) is 3.67. The first-order chi connectivity index (χ1) is 9.74. The van der Waals surface area contributed by atoms with Gasteiger partial charge in [-0.15, -0.1) is 0 Å². The van der Waals surface area contributed by atoms with E-state index >= 15 is 0 Å². The van der Waals surface area contributed by atoms with Crippen LogP contribution in [0.3, 0.4) is 0 Å². The fourth-order valence-electron chi connectivity index (χ4n) is 2.41. The predicted octanol–water partition coefficient (Wildman–Crippen LogP) is 3.72. The van der Waals surface area contributed by atoms with E-state index in [2.05, 4.69) is 22.9 Å². The Bertz CT molecular complexity index is 442. The van der Waals surface area contributed by atoms with Crippen molar-refractivity contribution < 1.29 is 9.53 Å². The number of halogens is 1.